The molecule has 3 heteroatoms. The molecule has 2 nitrogen and oxygen atoms in total. The van der Waals surface area contributed by atoms with Crippen LogP contribution in [0.5, 0.6) is 0 Å². The predicted octanol–water partition coefficient (Wildman–Crippen LogP) is 3.70. The van der Waals surface area contributed by atoms with Gasteiger partial charge in [-0.2, -0.15) is 0 Å². The van der Waals surface area contributed by atoms with Crippen LogP contribution < -0.4 is 5.32 Å². The van der Waals surface area contributed by atoms with E-state index in [2.05, 4.69) is 50.4 Å². The summed E-state index contributed by atoms with van der Waals surface area (Å²) in [5, 5.41) is 3.43. The Labute approximate surface area is 122 Å². The summed E-state index contributed by atoms with van der Waals surface area (Å²) < 4.78 is 5.01. The smallest absolute Gasteiger partial charge is 0.0474 e. The molecule has 1 aromatic rings. The lowest BCUT2D eigenvalue weighted by atomic mass is 9.87. The number of ether oxygens (including phenoxy) is 1. The van der Waals surface area contributed by atoms with Crippen LogP contribution >= 0.6 is 11.8 Å². The lowest BCUT2D eigenvalue weighted by Crippen LogP contribution is -2.19. The third kappa shape index (κ3) is 7.00. The summed E-state index contributed by atoms with van der Waals surface area (Å²) in [6, 6.07) is 8.95. The first kappa shape index (κ1) is 16.5. The molecule has 19 heavy (non-hydrogen) atoms. The van der Waals surface area contributed by atoms with Crippen molar-refractivity contribution in [2.24, 2.45) is 0 Å². The second-order valence-electron chi connectivity index (χ2n) is 5.72. The van der Waals surface area contributed by atoms with Gasteiger partial charge in [0.05, 0.1) is 0 Å². The zero-order valence-electron chi connectivity index (χ0n) is 12.7. The third-order valence-electron chi connectivity index (χ3n) is 2.97. The van der Waals surface area contributed by atoms with E-state index in [1.54, 1.807) is 7.11 Å². The fourth-order valence-electron chi connectivity index (χ4n) is 1.76. The van der Waals surface area contributed by atoms with E-state index in [0.717, 1.165) is 31.9 Å². The van der Waals surface area contributed by atoms with Crippen LogP contribution in [0.1, 0.15) is 32.8 Å². The van der Waals surface area contributed by atoms with Crippen molar-refractivity contribution in [3.63, 3.8) is 0 Å². The fourth-order valence-corrected chi connectivity index (χ4v) is 2.57. The van der Waals surface area contributed by atoms with Gasteiger partial charge in [0, 0.05) is 30.9 Å². The first-order valence-electron chi connectivity index (χ1n) is 6.97. The van der Waals surface area contributed by atoms with Crippen LogP contribution in [-0.2, 0) is 10.2 Å². The molecule has 1 N–H and O–H groups in total. The normalized spacial score (nSPS) is 11.8. The summed E-state index contributed by atoms with van der Waals surface area (Å²) in [5.41, 5.74) is 1.64. The van der Waals surface area contributed by atoms with E-state index in [-0.39, 0.29) is 5.41 Å². The van der Waals surface area contributed by atoms with Crippen molar-refractivity contribution in [3.05, 3.63) is 29.8 Å². The number of thioether (sulfide) groups is 1. The SMILES string of the molecule is COCCCNCCSc1ccc(C(C)(C)C)cc1. The molecule has 0 aliphatic heterocycles. The molecule has 0 saturated carbocycles. The predicted molar refractivity (Wildman–Crippen MR) is 85.2 cm³/mol. The minimum Gasteiger partial charge on any atom is -0.385 e. The molecule has 1 aromatic carbocycles. The molecule has 0 aromatic heterocycles. The molecule has 0 amide bonds. The van der Waals surface area contributed by atoms with Crippen LogP contribution in [0.25, 0.3) is 0 Å². The first-order valence-corrected chi connectivity index (χ1v) is 7.95. The quantitative estimate of drug-likeness (QED) is 0.580. The fraction of sp³-hybridized carbons (Fsp3) is 0.625. The van der Waals surface area contributed by atoms with Gasteiger partial charge in [-0.05, 0) is 36.1 Å². The topological polar surface area (TPSA) is 21.3 Å². The summed E-state index contributed by atoms with van der Waals surface area (Å²) in [6.07, 6.45) is 1.08. The van der Waals surface area contributed by atoms with Gasteiger partial charge in [0.1, 0.15) is 0 Å². The number of nitrogens with one attached hydrogen (secondary N) is 1. The molecule has 0 bridgehead atoms. The highest BCUT2D eigenvalue weighted by Gasteiger charge is 2.12. The van der Waals surface area contributed by atoms with E-state index < -0.39 is 0 Å². The van der Waals surface area contributed by atoms with Crippen LogP contribution in [0.2, 0.25) is 0 Å². The number of methoxy groups -OCH3 is 1. The van der Waals surface area contributed by atoms with Gasteiger partial charge in [-0.15, -0.1) is 11.8 Å². The maximum Gasteiger partial charge on any atom is 0.0474 e. The molecular weight excluding hydrogens is 254 g/mol. The number of rotatable bonds is 8. The number of hydrogen-bond acceptors (Lipinski definition) is 3. The van der Waals surface area contributed by atoms with Crippen molar-refractivity contribution >= 4 is 11.8 Å². The molecule has 0 fully saturated rings. The number of hydrogen-bond donors (Lipinski definition) is 1. The van der Waals surface area contributed by atoms with Crippen molar-refractivity contribution < 1.29 is 4.74 Å². The van der Waals surface area contributed by atoms with Crippen molar-refractivity contribution in [3.8, 4) is 0 Å². The van der Waals surface area contributed by atoms with E-state index in [0.29, 0.717) is 0 Å². The Kier molecular flexibility index (Phi) is 7.51. The van der Waals surface area contributed by atoms with Gasteiger partial charge in [0.2, 0.25) is 0 Å². The van der Waals surface area contributed by atoms with Gasteiger partial charge in [-0.1, -0.05) is 32.9 Å². The molecule has 0 unspecified atom stereocenters. The van der Waals surface area contributed by atoms with Crippen molar-refractivity contribution in [2.45, 2.75) is 37.5 Å². The van der Waals surface area contributed by atoms with Crippen molar-refractivity contribution in [1.29, 1.82) is 0 Å². The molecule has 0 aliphatic rings. The molecule has 108 valence electrons. The molecule has 0 heterocycles. The molecule has 0 saturated heterocycles. The Bertz CT molecular complexity index is 343. The molecule has 0 aliphatic carbocycles. The summed E-state index contributed by atoms with van der Waals surface area (Å²) in [5.74, 6) is 1.11. The monoisotopic (exact) mass is 281 g/mol. The number of benzene rings is 1. The van der Waals surface area contributed by atoms with Gasteiger partial charge < -0.3 is 10.1 Å². The van der Waals surface area contributed by atoms with Crippen molar-refractivity contribution in [2.75, 3.05) is 32.6 Å². The summed E-state index contributed by atoms with van der Waals surface area (Å²) in [4.78, 5) is 1.35. The largest absolute Gasteiger partial charge is 0.385 e. The Balaban J connectivity index is 2.20. The molecule has 0 radical (unpaired) electrons. The van der Waals surface area contributed by atoms with Gasteiger partial charge in [0.15, 0.2) is 0 Å². The van der Waals surface area contributed by atoms with E-state index in [1.165, 1.54) is 10.5 Å². The van der Waals surface area contributed by atoms with E-state index in [1.807, 2.05) is 11.8 Å². The van der Waals surface area contributed by atoms with E-state index in [4.69, 9.17) is 4.74 Å². The van der Waals surface area contributed by atoms with Crippen LogP contribution in [0.4, 0.5) is 0 Å². The van der Waals surface area contributed by atoms with Crippen LogP contribution in [0.3, 0.4) is 0 Å². The molecular formula is C16H27NOS. The highest BCUT2D eigenvalue weighted by Crippen LogP contribution is 2.25. The maximum atomic E-state index is 5.01. The standard InChI is InChI=1S/C16H27NOS/c1-16(2,3)14-6-8-15(9-7-14)19-13-11-17-10-5-12-18-4/h6-9,17H,5,10-13H2,1-4H3. The lowest BCUT2D eigenvalue weighted by Gasteiger charge is -2.19. The van der Waals surface area contributed by atoms with Gasteiger partial charge >= 0.3 is 0 Å². The zero-order valence-corrected chi connectivity index (χ0v) is 13.5. The van der Waals surface area contributed by atoms with Crippen molar-refractivity contribution in [1.82, 2.24) is 5.32 Å². The highest BCUT2D eigenvalue weighted by molar-refractivity contribution is 7.99. The van der Waals surface area contributed by atoms with E-state index >= 15 is 0 Å². The Hall–Kier alpha value is -0.510. The van der Waals surface area contributed by atoms with Gasteiger partial charge in [0.25, 0.3) is 0 Å². The minimum absolute atomic E-state index is 0.242. The average molecular weight is 281 g/mol. The molecule has 0 spiro atoms. The third-order valence-corrected chi connectivity index (χ3v) is 3.98. The highest BCUT2D eigenvalue weighted by atomic mass is 32.2. The van der Waals surface area contributed by atoms with Crippen LogP contribution in [-0.4, -0.2) is 32.6 Å². The van der Waals surface area contributed by atoms with Gasteiger partial charge in [-0.25, -0.2) is 0 Å². The second kappa shape index (κ2) is 8.62. The van der Waals surface area contributed by atoms with Crippen LogP contribution in [0.15, 0.2) is 29.2 Å². The minimum atomic E-state index is 0.242. The zero-order chi connectivity index (χ0) is 14.1. The Morgan fingerprint density at radius 3 is 2.37 bits per heavy atom. The summed E-state index contributed by atoms with van der Waals surface area (Å²) >= 11 is 1.91. The average Bonchev–Trinajstić information content (AvgIpc) is 2.37. The molecule has 1 rings (SSSR count). The lowest BCUT2D eigenvalue weighted by molar-refractivity contribution is 0.194. The second-order valence-corrected chi connectivity index (χ2v) is 6.89. The Morgan fingerprint density at radius 1 is 1.11 bits per heavy atom. The first-order chi connectivity index (χ1) is 9.04. The molecule has 0 atom stereocenters. The Morgan fingerprint density at radius 2 is 1.79 bits per heavy atom. The van der Waals surface area contributed by atoms with E-state index in [9.17, 15) is 0 Å². The van der Waals surface area contributed by atoms with Crippen LogP contribution in [0, 0.1) is 0 Å². The summed E-state index contributed by atoms with van der Waals surface area (Å²) in [6.45, 7) is 9.68. The maximum absolute atomic E-state index is 5.01. The van der Waals surface area contributed by atoms with Gasteiger partial charge in [-0.3, -0.25) is 0 Å². The summed E-state index contributed by atoms with van der Waals surface area (Å²) in [7, 11) is 1.75.